The third-order valence-electron chi connectivity index (χ3n) is 4.49. The first-order valence-electron chi connectivity index (χ1n) is 8.97. The van der Waals surface area contributed by atoms with Gasteiger partial charge in [0, 0.05) is 11.6 Å². The third-order valence-corrected chi connectivity index (χ3v) is 5.06. The van der Waals surface area contributed by atoms with Gasteiger partial charge in [-0.05, 0) is 38.7 Å². The average Bonchev–Trinajstić information content (AvgIpc) is 2.78. The fraction of sp³-hybridized carbons (Fsp3) is 0.0870. The monoisotopic (exact) mass is 448 g/mol. The zero-order chi connectivity index (χ0) is 20.2. The molecule has 0 fully saturated rings. The maximum atomic E-state index is 12.4. The third kappa shape index (κ3) is 3.84. The van der Waals surface area contributed by atoms with E-state index in [2.05, 4.69) is 25.9 Å². The number of hydrogen-bond donors (Lipinski definition) is 0. The second-order valence-corrected chi connectivity index (χ2v) is 7.05. The Kier molecular flexibility index (Phi) is 5.53. The Morgan fingerprint density at radius 2 is 1.69 bits per heavy atom. The molecule has 0 radical (unpaired) electrons. The normalized spacial score (nSPS) is 10.7. The fourth-order valence-electron chi connectivity index (χ4n) is 3.12. The zero-order valence-electron chi connectivity index (χ0n) is 15.6. The molecule has 5 nitrogen and oxygen atoms in total. The van der Waals surface area contributed by atoms with Gasteiger partial charge in [-0.3, -0.25) is 4.98 Å². The summed E-state index contributed by atoms with van der Waals surface area (Å²) in [5, 5.41) is 0.773. The highest BCUT2D eigenvalue weighted by Gasteiger charge is 2.23. The topological polar surface area (TPSA) is 61.3 Å². The summed E-state index contributed by atoms with van der Waals surface area (Å²) in [6.07, 6.45) is 1.70. The van der Waals surface area contributed by atoms with E-state index in [0.29, 0.717) is 15.9 Å². The molecule has 0 bridgehead atoms. The summed E-state index contributed by atoms with van der Waals surface area (Å²) in [4.78, 5) is 21.3. The lowest BCUT2D eigenvalue weighted by atomic mass is 10.0. The highest BCUT2D eigenvalue weighted by molar-refractivity contribution is 9.10. The van der Waals surface area contributed by atoms with Crippen LogP contribution in [0.25, 0.3) is 22.0 Å². The number of methoxy groups -OCH3 is 1. The van der Waals surface area contributed by atoms with E-state index in [1.807, 2.05) is 66.7 Å². The van der Waals surface area contributed by atoms with Crippen molar-refractivity contribution in [3.8, 4) is 16.9 Å². The van der Waals surface area contributed by atoms with E-state index in [4.69, 9.17) is 9.47 Å². The van der Waals surface area contributed by atoms with E-state index >= 15 is 0 Å². The molecular weight excluding hydrogens is 432 g/mol. The second-order valence-electron chi connectivity index (χ2n) is 6.29. The first-order valence-corrected chi connectivity index (χ1v) is 9.77. The Labute approximate surface area is 176 Å². The molecule has 0 amide bonds. The van der Waals surface area contributed by atoms with Crippen LogP contribution in [0.3, 0.4) is 0 Å². The lowest BCUT2D eigenvalue weighted by molar-refractivity contribution is 0.0588. The van der Waals surface area contributed by atoms with Gasteiger partial charge in [-0.1, -0.05) is 60.7 Å². The number of hydrogen-bond acceptors (Lipinski definition) is 5. The Hall–Kier alpha value is -3.25. The quantitative estimate of drug-likeness (QED) is 0.301. The van der Waals surface area contributed by atoms with E-state index in [-0.39, 0.29) is 12.3 Å². The van der Waals surface area contributed by atoms with Crippen molar-refractivity contribution in [3.63, 3.8) is 0 Å². The average molecular weight is 449 g/mol. The van der Waals surface area contributed by atoms with Crippen LogP contribution in [0.1, 0.15) is 16.1 Å². The molecule has 0 spiro atoms. The molecule has 2 aromatic heterocycles. The number of halogens is 1. The van der Waals surface area contributed by atoms with Gasteiger partial charge in [0.15, 0.2) is 11.4 Å². The molecule has 29 heavy (non-hydrogen) atoms. The number of carbonyl (C=O) groups is 1. The van der Waals surface area contributed by atoms with Crippen LogP contribution >= 0.6 is 15.9 Å². The zero-order valence-corrected chi connectivity index (χ0v) is 17.2. The van der Waals surface area contributed by atoms with Crippen molar-refractivity contribution in [1.82, 2.24) is 9.97 Å². The summed E-state index contributed by atoms with van der Waals surface area (Å²) in [5.74, 6) is -0.278. The minimum Gasteiger partial charge on any atom is -0.484 e. The summed E-state index contributed by atoms with van der Waals surface area (Å²) in [7, 11) is 1.32. The van der Waals surface area contributed by atoms with Crippen LogP contribution in [0.15, 0.2) is 77.5 Å². The molecule has 2 aromatic carbocycles. The molecule has 0 saturated heterocycles. The van der Waals surface area contributed by atoms with E-state index in [1.54, 1.807) is 6.20 Å². The number of rotatable bonds is 5. The summed E-state index contributed by atoms with van der Waals surface area (Å²) in [5.41, 5.74) is 3.56. The van der Waals surface area contributed by atoms with Crippen molar-refractivity contribution in [3.05, 3.63) is 88.8 Å². The summed E-state index contributed by atoms with van der Waals surface area (Å²) in [6, 6.07) is 21.6. The van der Waals surface area contributed by atoms with Crippen molar-refractivity contribution < 1.29 is 14.3 Å². The van der Waals surface area contributed by atoms with Gasteiger partial charge < -0.3 is 9.47 Å². The number of aromatic nitrogens is 2. The van der Waals surface area contributed by atoms with Gasteiger partial charge in [-0.2, -0.15) is 0 Å². The van der Waals surface area contributed by atoms with Crippen LogP contribution < -0.4 is 4.74 Å². The van der Waals surface area contributed by atoms with Crippen LogP contribution in [0.4, 0.5) is 0 Å². The van der Waals surface area contributed by atoms with Crippen LogP contribution in [0.5, 0.6) is 5.75 Å². The predicted octanol–water partition coefficient (Wildman–Crippen LogP) is 5.42. The highest BCUT2D eigenvalue weighted by Crippen LogP contribution is 2.38. The molecule has 2 heterocycles. The molecule has 0 aliphatic rings. The van der Waals surface area contributed by atoms with Gasteiger partial charge in [0.1, 0.15) is 16.7 Å². The van der Waals surface area contributed by atoms with Gasteiger partial charge in [-0.15, -0.1) is 0 Å². The van der Waals surface area contributed by atoms with Crippen molar-refractivity contribution in [2.75, 3.05) is 7.11 Å². The largest absolute Gasteiger partial charge is 0.484 e. The molecule has 4 rings (SSSR count). The molecule has 0 atom stereocenters. The van der Waals surface area contributed by atoms with Gasteiger partial charge in [0.2, 0.25) is 0 Å². The van der Waals surface area contributed by atoms with Gasteiger partial charge in [-0.25, -0.2) is 9.78 Å². The van der Waals surface area contributed by atoms with Crippen molar-refractivity contribution in [1.29, 1.82) is 0 Å². The molecule has 4 aromatic rings. The number of pyridine rings is 2. The number of fused-ring (bicyclic) bond motifs is 1. The van der Waals surface area contributed by atoms with Crippen LogP contribution in [-0.4, -0.2) is 23.0 Å². The Morgan fingerprint density at radius 1 is 1.00 bits per heavy atom. The lowest BCUT2D eigenvalue weighted by Crippen LogP contribution is -2.10. The van der Waals surface area contributed by atoms with Gasteiger partial charge in [0.05, 0.1) is 7.11 Å². The van der Waals surface area contributed by atoms with E-state index < -0.39 is 5.97 Å². The van der Waals surface area contributed by atoms with Crippen molar-refractivity contribution in [2.45, 2.75) is 6.61 Å². The minimum absolute atomic E-state index is 0.0838. The number of carbonyl (C=O) groups excluding carboxylic acids is 1. The molecule has 0 N–H and O–H groups in total. The molecule has 0 saturated carbocycles. The standard InChI is InChI=1S/C23H17BrN2O3/c1-28-23(27)20-21(29-14-15-8-4-2-5-9-15)19-18(22(24)26-20)17(12-13-25-19)16-10-6-3-7-11-16/h2-13H,14H2,1H3. The summed E-state index contributed by atoms with van der Waals surface area (Å²) in [6.45, 7) is 0.278. The number of esters is 1. The molecular formula is C23H17BrN2O3. The van der Waals surface area contributed by atoms with Crippen LogP contribution in [0.2, 0.25) is 0 Å². The molecule has 0 aliphatic carbocycles. The van der Waals surface area contributed by atoms with Crippen molar-refractivity contribution >= 4 is 32.8 Å². The maximum absolute atomic E-state index is 12.4. The first-order chi connectivity index (χ1) is 14.2. The Bertz CT molecular complexity index is 1170. The van der Waals surface area contributed by atoms with Crippen LogP contribution in [-0.2, 0) is 11.3 Å². The molecule has 0 aliphatic heterocycles. The first kappa shape index (κ1) is 19.1. The summed E-state index contributed by atoms with van der Waals surface area (Å²) >= 11 is 3.51. The highest BCUT2D eigenvalue weighted by atomic mass is 79.9. The SMILES string of the molecule is COC(=O)c1nc(Br)c2c(-c3ccccc3)ccnc2c1OCc1ccccc1. The van der Waals surface area contributed by atoms with E-state index in [0.717, 1.165) is 22.1 Å². The maximum Gasteiger partial charge on any atom is 0.360 e. The Morgan fingerprint density at radius 3 is 2.38 bits per heavy atom. The molecule has 0 unspecified atom stereocenters. The van der Waals surface area contributed by atoms with Crippen molar-refractivity contribution in [2.24, 2.45) is 0 Å². The summed E-state index contributed by atoms with van der Waals surface area (Å²) < 4.78 is 11.5. The molecule has 6 heteroatoms. The van der Waals surface area contributed by atoms with Gasteiger partial charge in [0.25, 0.3) is 0 Å². The van der Waals surface area contributed by atoms with Gasteiger partial charge >= 0.3 is 5.97 Å². The number of nitrogens with zero attached hydrogens (tertiary/aromatic N) is 2. The minimum atomic E-state index is -0.581. The number of ether oxygens (including phenoxy) is 2. The van der Waals surface area contributed by atoms with E-state index in [1.165, 1.54) is 7.11 Å². The second kappa shape index (κ2) is 8.41. The smallest absolute Gasteiger partial charge is 0.360 e. The van der Waals surface area contributed by atoms with E-state index in [9.17, 15) is 4.79 Å². The Balaban J connectivity index is 1.91. The van der Waals surface area contributed by atoms with Crippen LogP contribution in [0, 0.1) is 0 Å². The fourth-order valence-corrected chi connectivity index (χ4v) is 3.70. The lowest BCUT2D eigenvalue weighted by Gasteiger charge is -2.15. The number of benzene rings is 2. The molecule has 144 valence electrons. The predicted molar refractivity (Wildman–Crippen MR) is 115 cm³/mol.